The van der Waals surface area contributed by atoms with Gasteiger partial charge in [0.05, 0.1) is 6.54 Å². The van der Waals surface area contributed by atoms with Crippen LogP contribution in [0, 0.1) is 20.8 Å². The molecule has 1 amide bonds. The number of fused-ring (bicyclic) bond motifs is 1. The minimum atomic E-state index is 0. The molecule has 162 valence electrons. The van der Waals surface area contributed by atoms with Gasteiger partial charge in [0.25, 0.3) is 0 Å². The van der Waals surface area contributed by atoms with E-state index in [-0.39, 0.29) is 35.8 Å². The molecule has 0 radical (unpaired) electrons. The Balaban J connectivity index is 0.00000320. The van der Waals surface area contributed by atoms with Gasteiger partial charge in [-0.1, -0.05) is 35.9 Å². The van der Waals surface area contributed by atoms with Crippen LogP contribution in [0.5, 0.6) is 0 Å². The molecule has 30 heavy (non-hydrogen) atoms. The van der Waals surface area contributed by atoms with Crippen LogP contribution in [-0.2, 0) is 11.2 Å². The van der Waals surface area contributed by atoms with Crippen LogP contribution >= 0.6 is 24.0 Å². The van der Waals surface area contributed by atoms with Crippen molar-refractivity contribution in [3.05, 3.63) is 64.2 Å². The van der Waals surface area contributed by atoms with Crippen molar-refractivity contribution in [2.45, 2.75) is 46.5 Å². The minimum Gasteiger partial charge on any atom is -0.357 e. The molecule has 1 atom stereocenters. The standard InChI is InChI=1S/C24H32N4O.HI/c1-5-25-24(26-11-10-20-17(3)12-16(2)13-18(20)4)27-15-19-14-23(29)28-22-9-7-6-8-21(19)22;/h6-9,12-13,19H,5,10-11,14-15H2,1-4H3,(H,28,29)(H2,25,26,27);1H. The Morgan fingerprint density at radius 1 is 1.13 bits per heavy atom. The molecule has 0 aliphatic carbocycles. The van der Waals surface area contributed by atoms with Gasteiger partial charge in [0, 0.05) is 31.1 Å². The summed E-state index contributed by atoms with van der Waals surface area (Å²) in [4.78, 5) is 16.8. The predicted octanol–water partition coefficient (Wildman–Crippen LogP) is 4.45. The maximum absolute atomic E-state index is 12.0. The molecule has 1 aliphatic rings. The Morgan fingerprint density at radius 2 is 1.83 bits per heavy atom. The van der Waals surface area contributed by atoms with Crippen LogP contribution < -0.4 is 16.0 Å². The normalized spacial score (nSPS) is 15.7. The number of amides is 1. The minimum absolute atomic E-state index is 0. The lowest BCUT2D eigenvalue weighted by Gasteiger charge is -2.24. The average molecular weight is 520 g/mol. The lowest BCUT2D eigenvalue weighted by atomic mass is 9.91. The summed E-state index contributed by atoms with van der Waals surface area (Å²) in [6, 6.07) is 12.5. The van der Waals surface area contributed by atoms with Gasteiger partial charge < -0.3 is 16.0 Å². The van der Waals surface area contributed by atoms with Crippen molar-refractivity contribution in [2.24, 2.45) is 4.99 Å². The number of nitrogens with zero attached hydrogens (tertiary/aromatic N) is 1. The molecule has 3 N–H and O–H groups in total. The average Bonchev–Trinajstić information content (AvgIpc) is 2.67. The quantitative estimate of drug-likeness (QED) is 0.300. The summed E-state index contributed by atoms with van der Waals surface area (Å²) in [5.41, 5.74) is 7.47. The van der Waals surface area contributed by atoms with E-state index in [0.717, 1.165) is 36.7 Å². The van der Waals surface area contributed by atoms with E-state index in [9.17, 15) is 4.79 Å². The fourth-order valence-electron chi connectivity index (χ4n) is 4.12. The van der Waals surface area contributed by atoms with Crippen molar-refractivity contribution in [2.75, 3.05) is 25.0 Å². The molecular weight excluding hydrogens is 487 g/mol. The molecule has 0 saturated heterocycles. The highest BCUT2D eigenvalue weighted by Gasteiger charge is 2.24. The third-order valence-corrected chi connectivity index (χ3v) is 5.43. The molecular formula is C24H33IN4O. The number of carbonyl (C=O) groups is 1. The summed E-state index contributed by atoms with van der Waals surface area (Å²) < 4.78 is 0. The lowest BCUT2D eigenvalue weighted by molar-refractivity contribution is -0.116. The van der Waals surface area contributed by atoms with Crippen molar-refractivity contribution >= 4 is 41.5 Å². The monoisotopic (exact) mass is 520 g/mol. The lowest BCUT2D eigenvalue weighted by Crippen LogP contribution is -2.39. The summed E-state index contributed by atoms with van der Waals surface area (Å²) in [6.45, 7) is 10.8. The number of hydrogen-bond donors (Lipinski definition) is 3. The number of hydrogen-bond acceptors (Lipinski definition) is 2. The molecule has 6 heteroatoms. The van der Waals surface area contributed by atoms with Crippen molar-refractivity contribution < 1.29 is 4.79 Å². The van der Waals surface area contributed by atoms with Crippen molar-refractivity contribution in [1.29, 1.82) is 0 Å². The fraction of sp³-hybridized carbons (Fsp3) is 0.417. The molecule has 1 heterocycles. The molecule has 0 spiro atoms. The van der Waals surface area contributed by atoms with Crippen molar-refractivity contribution in [3.63, 3.8) is 0 Å². The number of guanidine groups is 1. The number of nitrogens with one attached hydrogen (secondary N) is 3. The van der Waals surface area contributed by atoms with Gasteiger partial charge in [0.15, 0.2) is 5.96 Å². The van der Waals surface area contributed by atoms with Gasteiger partial charge in [0.2, 0.25) is 5.91 Å². The van der Waals surface area contributed by atoms with E-state index < -0.39 is 0 Å². The first-order valence-electron chi connectivity index (χ1n) is 10.5. The zero-order chi connectivity index (χ0) is 20.8. The van der Waals surface area contributed by atoms with Crippen LogP contribution in [0.25, 0.3) is 0 Å². The highest BCUT2D eigenvalue weighted by molar-refractivity contribution is 14.0. The number of para-hydroxylation sites is 1. The van der Waals surface area contributed by atoms with Gasteiger partial charge in [0.1, 0.15) is 0 Å². The van der Waals surface area contributed by atoms with E-state index >= 15 is 0 Å². The summed E-state index contributed by atoms with van der Waals surface area (Å²) in [5, 5.41) is 9.72. The van der Waals surface area contributed by atoms with Gasteiger partial charge in [-0.05, 0) is 62.4 Å². The number of aliphatic imine (C=N–C) groups is 1. The van der Waals surface area contributed by atoms with Crippen LogP contribution in [0.3, 0.4) is 0 Å². The zero-order valence-corrected chi connectivity index (χ0v) is 20.7. The van der Waals surface area contributed by atoms with E-state index in [1.165, 1.54) is 22.3 Å². The van der Waals surface area contributed by atoms with E-state index in [0.29, 0.717) is 13.0 Å². The Bertz CT molecular complexity index is 887. The summed E-state index contributed by atoms with van der Waals surface area (Å²) in [5.74, 6) is 0.975. The van der Waals surface area contributed by atoms with Crippen molar-refractivity contribution in [3.8, 4) is 0 Å². The second-order valence-corrected chi connectivity index (χ2v) is 7.81. The van der Waals surface area contributed by atoms with E-state index in [1.54, 1.807) is 0 Å². The third kappa shape index (κ3) is 6.20. The van der Waals surface area contributed by atoms with Gasteiger partial charge in [-0.25, -0.2) is 0 Å². The largest absolute Gasteiger partial charge is 0.357 e. The molecule has 1 aliphatic heterocycles. The molecule has 2 aromatic carbocycles. The molecule has 2 aromatic rings. The first-order chi connectivity index (χ1) is 14.0. The Kier molecular flexibility index (Phi) is 9.14. The molecule has 0 aromatic heterocycles. The third-order valence-electron chi connectivity index (χ3n) is 5.43. The van der Waals surface area contributed by atoms with E-state index in [1.807, 2.05) is 18.2 Å². The Morgan fingerprint density at radius 3 is 2.53 bits per heavy atom. The van der Waals surface area contributed by atoms with Gasteiger partial charge in [-0.2, -0.15) is 0 Å². The molecule has 0 bridgehead atoms. The summed E-state index contributed by atoms with van der Waals surface area (Å²) in [7, 11) is 0. The van der Waals surface area contributed by atoms with Crippen molar-refractivity contribution in [1.82, 2.24) is 10.6 Å². The Labute approximate surface area is 197 Å². The first-order valence-corrected chi connectivity index (χ1v) is 10.5. The fourth-order valence-corrected chi connectivity index (χ4v) is 4.12. The number of aryl methyl sites for hydroxylation is 3. The topological polar surface area (TPSA) is 65.5 Å². The summed E-state index contributed by atoms with van der Waals surface area (Å²) in [6.07, 6.45) is 1.43. The first kappa shape index (κ1) is 24.2. The number of anilines is 1. The van der Waals surface area contributed by atoms with Gasteiger partial charge in [-0.3, -0.25) is 9.79 Å². The molecule has 0 fully saturated rings. The maximum Gasteiger partial charge on any atom is 0.225 e. The van der Waals surface area contributed by atoms with E-state index in [2.05, 4.69) is 61.8 Å². The van der Waals surface area contributed by atoms with Gasteiger partial charge >= 0.3 is 0 Å². The predicted molar refractivity (Wildman–Crippen MR) is 136 cm³/mol. The summed E-state index contributed by atoms with van der Waals surface area (Å²) >= 11 is 0. The van der Waals surface area contributed by atoms with Crippen LogP contribution in [0.2, 0.25) is 0 Å². The molecule has 5 nitrogen and oxygen atoms in total. The van der Waals surface area contributed by atoms with Crippen LogP contribution in [0.15, 0.2) is 41.4 Å². The molecule has 0 saturated carbocycles. The number of benzene rings is 2. The highest BCUT2D eigenvalue weighted by Crippen LogP contribution is 2.31. The zero-order valence-electron chi connectivity index (χ0n) is 18.3. The molecule has 1 unspecified atom stereocenters. The van der Waals surface area contributed by atoms with Gasteiger partial charge in [-0.15, -0.1) is 24.0 Å². The molecule has 3 rings (SSSR count). The second-order valence-electron chi connectivity index (χ2n) is 7.81. The SMILES string of the molecule is CCNC(=NCC1CC(=O)Nc2ccccc21)NCCc1c(C)cc(C)cc1C.I. The van der Waals surface area contributed by atoms with Crippen LogP contribution in [0.1, 0.15) is 47.1 Å². The second kappa shape index (κ2) is 11.3. The maximum atomic E-state index is 12.0. The Hall–Kier alpha value is -2.09. The number of carbonyl (C=O) groups excluding carboxylic acids is 1. The smallest absolute Gasteiger partial charge is 0.225 e. The number of halogens is 1. The van der Waals surface area contributed by atoms with E-state index in [4.69, 9.17) is 4.99 Å². The van der Waals surface area contributed by atoms with Crippen LogP contribution in [0.4, 0.5) is 5.69 Å². The number of rotatable bonds is 6. The highest BCUT2D eigenvalue weighted by atomic mass is 127. The van der Waals surface area contributed by atoms with Crippen LogP contribution in [-0.4, -0.2) is 31.5 Å².